The SMILES string of the molecule is C=CCn1c(C=O)nc2cc(C)c(C)cc21. The fraction of sp³-hybridized carbons (Fsp3) is 0.231. The van der Waals surface area contributed by atoms with Gasteiger partial charge < -0.3 is 4.57 Å². The predicted octanol–water partition coefficient (Wildman–Crippen LogP) is 2.65. The Morgan fingerprint density at radius 2 is 2.06 bits per heavy atom. The number of carbonyl (C=O) groups excluding carboxylic acids is 1. The van der Waals surface area contributed by atoms with Crippen molar-refractivity contribution in [2.75, 3.05) is 0 Å². The van der Waals surface area contributed by atoms with E-state index in [1.165, 1.54) is 11.1 Å². The van der Waals surface area contributed by atoms with E-state index in [4.69, 9.17) is 0 Å². The normalized spacial score (nSPS) is 10.6. The first-order chi connectivity index (χ1) is 7.67. The lowest BCUT2D eigenvalue weighted by Crippen LogP contribution is -2.00. The zero-order valence-corrected chi connectivity index (χ0v) is 9.53. The average molecular weight is 214 g/mol. The van der Waals surface area contributed by atoms with E-state index in [0.29, 0.717) is 12.4 Å². The van der Waals surface area contributed by atoms with Crippen LogP contribution in [0.25, 0.3) is 11.0 Å². The van der Waals surface area contributed by atoms with Crippen molar-refractivity contribution in [1.29, 1.82) is 0 Å². The Hall–Kier alpha value is -1.90. The molecule has 0 saturated heterocycles. The van der Waals surface area contributed by atoms with Gasteiger partial charge in [0.25, 0.3) is 0 Å². The maximum atomic E-state index is 10.9. The highest BCUT2D eigenvalue weighted by molar-refractivity contribution is 5.84. The maximum Gasteiger partial charge on any atom is 0.185 e. The third kappa shape index (κ3) is 1.54. The maximum absolute atomic E-state index is 10.9. The summed E-state index contributed by atoms with van der Waals surface area (Å²) in [4.78, 5) is 15.2. The molecule has 0 N–H and O–H groups in total. The van der Waals surface area contributed by atoms with Gasteiger partial charge in [-0.15, -0.1) is 6.58 Å². The highest BCUT2D eigenvalue weighted by Gasteiger charge is 2.09. The molecule has 3 heteroatoms. The monoisotopic (exact) mass is 214 g/mol. The molecule has 0 radical (unpaired) electrons. The fourth-order valence-corrected chi connectivity index (χ4v) is 1.81. The minimum atomic E-state index is 0.458. The lowest BCUT2D eigenvalue weighted by atomic mass is 10.1. The number of hydrogen-bond acceptors (Lipinski definition) is 2. The Labute approximate surface area is 94.4 Å². The number of nitrogens with zero attached hydrogens (tertiary/aromatic N) is 2. The minimum absolute atomic E-state index is 0.458. The van der Waals surface area contributed by atoms with Crippen molar-refractivity contribution in [2.45, 2.75) is 20.4 Å². The quantitative estimate of drug-likeness (QED) is 0.581. The van der Waals surface area contributed by atoms with Gasteiger partial charge in [0.15, 0.2) is 12.1 Å². The van der Waals surface area contributed by atoms with Gasteiger partial charge in [0.05, 0.1) is 11.0 Å². The highest BCUT2D eigenvalue weighted by Crippen LogP contribution is 2.20. The summed E-state index contributed by atoms with van der Waals surface area (Å²) in [7, 11) is 0. The molecular weight excluding hydrogens is 200 g/mol. The van der Waals surface area contributed by atoms with E-state index >= 15 is 0 Å². The molecule has 0 atom stereocenters. The molecule has 82 valence electrons. The van der Waals surface area contributed by atoms with Gasteiger partial charge in [0.1, 0.15) is 0 Å². The molecule has 1 heterocycles. The lowest BCUT2D eigenvalue weighted by Gasteiger charge is -2.04. The van der Waals surface area contributed by atoms with E-state index in [1.54, 1.807) is 6.08 Å². The molecule has 16 heavy (non-hydrogen) atoms. The number of benzene rings is 1. The molecular formula is C13H14N2O. The lowest BCUT2D eigenvalue weighted by molar-refractivity contribution is 0.111. The van der Waals surface area contributed by atoms with Crippen molar-refractivity contribution in [3.63, 3.8) is 0 Å². The van der Waals surface area contributed by atoms with Crippen molar-refractivity contribution in [3.8, 4) is 0 Å². The Morgan fingerprint density at radius 1 is 1.38 bits per heavy atom. The van der Waals surface area contributed by atoms with Crippen molar-refractivity contribution in [2.24, 2.45) is 0 Å². The summed E-state index contributed by atoms with van der Waals surface area (Å²) in [5, 5.41) is 0. The van der Waals surface area contributed by atoms with Gasteiger partial charge in [-0.05, 0) is 37.1 Å². The highest BCUT2D eigenvalue weighted by atomic mass is 16.1. The minimum Gasteiger partial charge on any atom is -0.318 e. The number of carbonyl (C=O) groups is 1. The number of imidazole rings is 1. The summed E-state index contributed by atoms with van der Waals surface area (Å²) in [6.07, 6.45) is 2.55. The van der Waals surface area contributed by atoms with Crippen LogP contribution in [0.5, 0.6) is 0 Å². The largest absolute Gasteiger partial charge is 0.318 e. The van der Waals surface area contributed by atoms with Crippen molar-refractivity contribution in [3.05, 3.63) is 41.7 Å². The molecule has 0 aliphatic heterocycles. The van der Waals surface area contributed by atoms with Gasteiger partial charge in [-0.3, -0.25) is 4.79 Å². The molecule has 0 aliphatic rings. The molecule has 2 aromatic rings. The van der Waals surface area contributed by atoms with E-state index < -0.39 is 0 Å². The summed E-state index contributed by atoms with van der Waals surface area (Å²) in [6, 6.07) is 4.07. The number of rotatable bonds is 3. The smallest absolute Gasteiger partial charge is 0.185 e. The second kappa shape index (κ2) is 3.93. The van der Waals surface area contributed by atoms with E-state index in [9.17, 15) is 4.79 Å². The van der Waals surface area contributed by atoms with E-state index in [-0.39, 0.29) is 0 Å². The molecule has 0 fully saturated rings. The molecule has 0 spiro atoms. The van der Waals surface area contributed by atoms with Crippen LogP contribution in [0.15, 0.2) is 24.8 Å². The van der Waals surface area contributed by atoms with Crippen LogP contribution < -0.4 is 0 Å². The first kappa shape index (κ1) is 10.6. The fourth-order valence-electron chi connectivity index (χ4n) is 1.81. The van der Waals surface area contributed by atoms with Gasteiger partial charge in [-0.1, -0.05) is 6.08 Å². The average Bonchev–Trinajstić information content (AvgIpc) is 2.58. The molecule has 0 saturated carbocycles. The zero-order chi connectivity index (χ0) is 11.7. The van der Waals surface area contributed by atoms with Crippen LogP contribution in [0.1, 0.15) is 21.7 Å². The summed E-state index contributed by atoms with van der Waals surface area (Å²) < 4.78 is 1.88. The first-order valence-electron chi connectivity index (χ1n) is 5.21. The van der Waals surface area contributed by atoms with Crippen LogP contribution in [0.2, 0.25) is 0 Å². The second-order valence-electron chi connectivity index (χ2n) is 3.91. The molecule has 0 amide bonds. The van der Waals surface area contributed by atoms with Gasteiger partial charge >= 0.3 is 0 Å². The van der Waals surface area contributed by atoms with Crippen LogP contribution in [0, 0.1) is 13.8 Å². The zero-order valence-electron chi connectivity index (χ0n) is 9.53. The number of fused-ring (bicyclic) bond motifs is 1. The number of aryl methyl sites for hydroxylation is 2. The van der Waals surface area contributed by atoms with E-state index in [0.717, 1.165) is 17.3 Å². The van der Waals surface area contributed by atoms with Crippen LogP contribution in [0.4, 0.5) is 0 Å². The second-order valence-corrected chi connectivity index (χ2v) is 3.91. The summed E-state index contributed by atoms with van der Waals surface area (Å²) in [6.45, 7) is 8.40. The Balaban J connectivity index is 2.78. The number of hydrogen-bond donors (Lipinski definition) is 0. The molecule has 1 aromatic heterocycles. The van der Waals surface area contributed by atoms with Gasteiger partial charge in [-0.2, -0.15) is 0 Å². The number of aromatic nitrogens is 2. The number of aldehydes is 1. The summed E-state index contributed by atoms with van der Waals surface area (Å²) in [5.41, 5.74) is 4.25. The number of allylic oxidation sites excluding steroid dienone is 1. The van der Waals surface area contributed by atoms with Crippen LogP contribution in [-0.2, 0) is 6.54 Å². The topological polar surface area (TPSA) is 34.9 Å². The van der Waals surface area contributed by atoms with E-state index in [2.05, 4.69) is 24.6 Å². The Bertz CT molecular complexity index is 567. The first-order valence-corrected chi connectivity index (χ1v) is 5.21. The predicted molar refractivity (Wildman–Crippen MR) is 64.8 cm³/mol. The third-order valence-corrected chi connectivity index (χ3v) is 2.81. The molecule has 0 aliphatic carbocycles. The Morgan fingerprint density at radius 3 is 2.69 bits per heavy atom. The van der Waals surface area contributed by atoms with Crippen LogP contribution >= 0.6 is 0 Å². The van der Waals surface area contributed by atoms with Crippen LogP contribution in [-0.4, -0.2) is 15.8 Å². The van der Waals surface area contributed by atoms with Gasteiger partial charge in [-0.25, -0.2) is 4.98 Å². The van der Waals surface area contributed by atoms with Gasteiger partial charge in [0.2, 0.25) is 0 Å². The van der Waals surface area contributed by atoms with Crippen molar-refractivity contribution < 1.29 is 4.79 Å². The molecule has 0 unspecified atom stereocenters. The molecule has 2 rings (SSSR count). The van der Waals surface area contributed by atoms with Crippen molar-refractivity contribution in [1.82, 2.24) is 9.55 Å². The molecule has 0 bridgehead atoms. The summed E-state index contributed by atoms with van der Waals surface area (Å²) in [5.74, 6) is 0.458. The molecule has 3 nitrogen and oxygen atoms in total. The summed E-state index contributed by atoms with van der Waals surface area (Å²) >= 11 is 0. The third-order valence-electron chi connectivity index (χ3n) is 2.81. The van der Waals surface area contributed by atoms with Gasteiger partial charge in [0, 0.05) is 6.54 Å². The van der Waals surface area contributed by atoms with Crippen LogP contribution in [0.3, 0.4) is 0 Å². The Kier molecular flexibility index (Phi) is 2.60. The molecule has 1 aromatic carbocycles. The van der Waals surface area contributed by atoms with Crippen molar-refractivity contribution >= 4 is 17.3 Å². The standard InChI is InChI=1S/C13H14N2O/c1-4-5-15-12-7-10(3)9(2)6-11(12)14-13(15)8-16/h4,6-8H,1,5H2,2-3H3. The van der Waals surface area contributed by atoms with E-state index in [1.807, 2.05) is 17.6 Å².